The minimum absolute atomic E-state index is 0.158. The first-order valence-electron chi connectivity index (χ1n) is 8.57. The monoisotopic (exact) mass is 389 g/mol. The van der Waals surface area contributed by atoms with Crippen LogP contribution in [0.4, 0.5) is 5.69 Å². The Morgan fingerprint density at radius 1 is 1.37 bits per heavy atom. The number of aryl methyl sites for hydroxylation is 2. The van der Waals surface area contributed by atoms with Crippen molar-refractivity contribution in [2.24, 2.45) is 0 Å². The van der Waals surface area contributed by atoms with Gasteiger partial charge in [0.05, 0.1) is 23.9 Å². The molecule has 1 amide bonds. The summed E-state index contributed by atoms with van der Waals surface area (Å²) in [7, 11) is 1.29. The fraction of sp³-hybridized carbons (Fsp3) is 0.333. The van der Waals surface area contributed by atoms with Gasteiger partial charge in [-0.25, -0.2) is 4.79 Å². The van der Waals surface area contributed by atoms with Crippen LogP contribution in [-0.4, -0.2) is 39.0 Å². The number of aromatic amines is 1. The molecule has 0 aliphatic rings. The van der Waals surface area contributed by atoms with Crippen LogP contribution < -0.4 is 5.32 Å². The van der Waals surface area contributed by atoms with Gasteiger partial charge < -0.3 is 10.1 Å². The Labute approximate surface area is 160 Å². The van der Waals surface area contributed by atoms with E-state index >= 15 is 0 Å². The lowest BCUT2D eigenvalue weighted by atomic mass is 10.1. The number of hydrogen-bond donors (Lipinski definition) is 2. The average Bonchev–Trinajstić information content (AvgIpc) is 3.19. The fourth-order valence-corrected chi connectivity index (χ4v) is 3.15. The highest BCUT2D eigenvalue weighted by molar-refractivity contribution is 6.33. The number of rotatable bonds is 6. The quantitative estimate of drug-likeness (QED) is 0.627. The van der Waals surface area contributed by atoms with E-state index in [0.29, 0.717) is 39.5 Å². The molecule has 142 valence electrons. The molecule has 0 radical (unpaired) electrons. The van der Waals surface area contributed by atoms with Crippen LogP contribution in [0.15, 0.2) is 18.2 Å². The second kappa shape index (κ2) is 7.79. The molecule has 0 aliphatic carbocycles. The number of unbranched alkanes of at least 4 members (excludes halogenated alkanes) is 1. The third-order valence-electron chi connectivity index (χ3n) is 4.22. The molecule has 3 rings (SSSR count). The molecule has 8 nitrogen and oxygen atoms in total. The number of amides is 1. The lowest BCUT2D eigenvalue weighted by molar-refractivity contribution is 0.0596. The number of methoxy groups -OCH3 is 1. The molecule has 0 aliphatic heterocycles. The molecule has 0 saturated carbocycles. The first kappa shape index (κ1) is 18.9. The van der Waals surface area contributed by atoms with Crippen molar-refractivity contribution in [3.63, 3.8) is 0 Å². The molecule has 3 aromatic rings. The molecule has 2 heterocycles. The molecule has 9 heteroatoms. The minimum atomic E-state index is -0.555. The number of esters is 1. The highest BCUT2D eigenvalue weighted by Crippen LogP contribution is 2.24. The molecule has 1 aromatic carbocycles. The molecule has 0 spiro atoms. The van der Waals surface area contributed by atoms with Crippen molar-refractivity contribution in [3.05, 3.63) is 40.3 Å². The SMILES string of the molecule is CCCCn1nc(C)c(C(=O)Nc2ccc3[nH]nc(C(=O)OC)c3c2)c1Cl. The van der Waals surface area contributed by atoms with Crippen LogP contribution in [0.3, 0.4) is 0 Å². The summed E-state index contributed by atoms with van der Waals surface area (Å²) in [5.74, 6) is -0.913. The van der Waals surface area contributed by atoms with Crippen LogP contribution in [0.25, 0.3) is 10.9 Å². The van der Waals surface area contributed by atoms with E-state index in [4.69, 9.17) is 16.3 Å². The Morgan fingerprint density at radius 3 is 2.85 bits per heavy atom. The van der Waals surface area contributed by atoms with Gasteiger partial charge in [0.15, 0.2) is 5.69 Å². The van der Waals surface area contributed by atoms with Gasteiger partial charge in [-0.2, -0.15) is 10.2 Å². The number of nitrogens with zero attached hydrogens (tertiary/aromatic N) is 3. The number of fused-ring (bicyclic) bond motifs is 1. The first-order chi connectivity index (χ1) is 13.0. The fourth-order valence-electron chi connectivity index (χ4n) is 2.80. The van der Waals surface area contributed by atoms with Crippen molar-refractivity contribution >= 4 is 40.1 Å². The Bertz CT molecular complexity index is 1010. The lowest BCUT2D eigenvalue weighted by Gasteiger charge is -2.06. The summed E-state index contributed by atoms with van der Waals surface area (Å²) in [6.45, 7) is 4.48. The lowest BCUT2D eigenvalue weighted by Crippen LogP contribution is -2.13. The smallest absolute Gasteiger partial charge is 0.359 e. The van der Waals surface area contributed by atoms with E-state index in [1.54, 1.807) is 29.8 Å². The predicted molar refractivity (Wildman–Crippen MR) is 102 cm³/mol. The number of anilines is 1. The van der Waals surface area contributed by atoms with E-state index in [1.165, 1.54) is 7.11 Å². The predicted octanol–water partition coefficient (Wildman–Crippen LogP) is 3.56. The second-order valence-corrected chi connectivity index (χ2v) is 6.46. The zero-order valence-electron chi connectivity index (χ0n) is 15.3. The molecule has 0 fully saturated rings. The third-order valence-corrected chi connectivity index (χ3v) is 4.60. The van der Waals surface area contributed by atoms with Gasteiger partial charge in [0, 0.05) is 17.6 Å². The Kier molecular flexibility index (Phi) is 5.46. The topological polar surface area (TPSA) is 102 Å². The number of carbonyl (C=O) groups is 2. The van der Waals surface area contributed by atoms with Gasteiger partial charge >= 0.3 is 5.97 Å². The highest BCUT2D eigenvalue weighted by Gasteiger charge is 2.21. The second-order valence-electron chi connectivity index (χ2n) is 6.11. The maximum atomic E-state index is 12.7. The molecule has 0 saturated heterocycles. The van der Waals surface area contributed by atoms with Crippen LogP contribution in [0.1, 0.15) is 46.3 Å². The summed E-state index contributed by atoms with van der Waals surface area (Å²) in [5, 5.41) is 14.7. The number of benzene rings is 1. The van der Waals surface area contributed by atoms with Crippen LogP contribution in [0.2, 0.25) is 5.15 Å². The van der Waals surface area contributed by atoms with Crippen LogP contribution >= 0.6 is 11.6 Å². The summed E-state index contributed by atoms with van der Waals surface area (Å²) in [5.41, 5.74) is 2.23. The molecule has 27 heavy (non-hydrogen) atoms. The van der Waals surface area contributed by atoms with E-state index in [9.17, 15) is 9.59 Å². The van der Waals surface area contributed by atoms with Gasteiger partial charge in [-0.05, 0) is 31.5 Å². The Morgan fingerprint density at radius 2 is 2.15 bits per heavy atom. The van der Waals surface area contributed by atoms with Crippen LogP contribution in [0.5, 0.6) is 0 Å². The van der Waals surface area contributed by atoms with E-state index < -0.39 is 5.97 Å². The van der Waals surface area contributed by atoms with Crippen molar-refractivity contribution in [1.29, 1.82) is 0 Å². The van der Waals surface area contributed by atoms with Crippen molar-refractivity contribution < 1.29 is 14.3 Å². The maximum absolute atomic E-state index is 12.7. The van der Waals surface area contributed by atoms with Crippen LogP contribution in [-0.2, 0) is 11.3 Å². The zero-order valence-corrected chi connectivity index (χ0v) is 16.1. The van der Waals surface area contributed by atoms with Gasteiger partial charge in [0.25, 0.3) is 5.91 Å². The summed E-state index contributed by atoms with van der Waals surface area (Å²) >= 11 is 6.35. The van der Waals surface area contributed by atoms with Crippen molar-refractivity contribution in [3.8, 4) is 0 Å². The summed E-state index contributed by atoms with van der Waals surface area (Å²) in [6.07, 6.45) is 1.93. The Hall–Kier alpha value is -2.87. The Balaban J connectivity index is 1.88. The molecule has 0 atom stereocenters. The molecule has 2 N–H and O–H groups in total. The van der Waals surface area contributed by atoms with Crippen molar-refractivity contribution in [2.45, 2.75) is 33.2 Å². The van der Waals surface area contributed by atoms with E-state index in [-0.39, 0.29) is 11.6 Å². The van der Waals surface area contributed by atoms with Gasteiger partial charge in [0.2, 0.25) is 0 Å². The number of carbonyl (C=O) groups excluding carboxylic acids is 2. The van der Waals surface area contributed by atoms with Crippen molar-refractivity contribution in [1.82, 2.24) is 20.0 Å². The number of nitrogens with one attached hydrogen (secondary N) is 2. The number of H-pyrrole nitrogens is 1. The van der Waals surface area contributed by atoms with Gasteiger partial charge in [-0.1, -0.05) is 24.9 Å². The zero-order chi connectivity index (χ0) is 19.6. The van der Waals surface area contributed by atoms with Gasteiger partial charge in [-0.15, -0.1) is 0 Å². The molecular weight excluding hydrogens is 370 g/mol. The summed E-state index contributed by atoms with van der Waals surface area (Å²) in [6, 6.07) is 5.10. The highest BCUT2D eigenvalue weighted by atomic mass is 35.5. The molecule has 0 bridgehead atoms. The summed E-state index contributed by atoms with van der Waals surface area (Å²) in [4.78, 5) is 24.5. The maximum Gasteiger partial charge on any atom is 0.359 e. The number of halogens is 1. The summed E-state index contributed by atoms with van der Waals surface area (Å²) < 4.78 is 6.36. The largest absolute Gasteiger partial charge is 0.464 e. The number of aromatic nitrogens is 4. The van der Waals surface area contributed by atoms with E-state index in [1.807, 2.05) is 0 Å². The average molecular weight is 390 g/mol. The molecule has 2 aromatic heterocycles. The normalized spacial score (nSPS) is 11.0. The number of hydrogen-bond acceptors (Lipinski definition) is 5. The minimum Gasteiger partial charge on any atom is -0.464 e. The first-order valence-corrected chi connectivity index (χ1v) is 8.94. The van der Waals surface area contributed by atoms with E-state index in [0.717, 1.165) is 12.8 Å². The molecular formula is C18H20ClN5O3. The molecule has 0 unspecified atom stereocenters. The standard InChI is InChI=1S/C18H20ClN5O3/c1-4-5-8-24-16(19)14(10(2)23-24)17(25)20-11-6-7-13-12(9-11)15(22-21-13)18(26)27-3/h6-7,9H,4-5,8H2,1-3H3,(H,20,25)(H,21,22). The van der Waals surface area contributed by atoms with Crippen molar-refractivity contribution in [2.75, 3.05) is 12.4 Å². The van der Waals surface area contributed by atoms with Gasteiger partial charge in [-0.3, -0.25) is 14.6 Å². The van der Waals surface area contributed by atoms with Gasteiger partial charge in [0.1, 0.15) is 5.15 Å². The third kappa shape index (κ3) is 3.66. The van der Waals surface area contributed by atoms with E-state index in [2.05, 4.69) is 27.5 Å². The number of ether oxygens (including phenoxy) is 1. The van der Waals surface area contributed by atoms with Crippen LogP contribution in [0, 0.1) is 6.92 Å².